The molecule has 0 aliphatic rings. The van der Waals surface area contributed by atoms with Crippen molar-refractivity contribution in [3.63, 3.8) is 0 Å². The van der Waals surface area contributed by atoms with E-state index in [0.717, 1.165) is 5.57 Å². The van der Waals surface area contributed by atoms with Crippen molar-refractivity contribution < 1.29 is 0 Å². The van der Waals surface area contributed by atoms with Gasteiger partial charge in [0.25, 0.3) is 0 Å². The van der Waals surface area contributed by atoms with Crippen LogP contribution in [-0.2, 0) is 0 Å². The summed E-state index contributed by atoms with van der Waals surface area (Å²) < 4.78 is 1.34. The van der Waals surface area contributed by atoms with Crippen LogP contribution in [0.4, 0.5) is 0 Å². The van der Waals surface area contributed by atoms with Gasteiger partial charge in [-0.3, -0.25) is 0 Å². The van der Waals surface area contributed by atoms with Crippen LogP contribution in [-0.4, -0.2) is 0 Å². The van der Waals surface area contributed by atoms with Crippen LogP contribution in [0.5, 0.6) is 0 Å². The minimum absolute atomic E-state index is 1.11. The largest absolute Gasteiger partial charge is 0.144 e. The summed E-state index contributed by atoms with van der Waals surface area (Å²) in [6.45, 7) is 10.1. The van der Waals surface area contributed by atoms with Gasteiger partial charge in [-0.2, -0.15) is 0 Å². The highest BCUT2D eigenvalue weighted by molar-refractivity contribution is 7.07. The molecule has 0 radical (unpaired) electrons. The second-order valence-electron chi connectivity index (χ2n) is 2.98. The Bertz CT molecular complexity index is 393. The zero-order chi connectivity index (χ0) is 9.14. The van der Waals surface area contributed by atoms with Crippen LogP contribution in [0.1, 0.15) is 19.4 Å². The third-order valence-electron chi connectivity index (χ3n) is 1.71. The highest BCUT2D eigenvalue weighted by Crippen LogP contribution is 1.94. The van der Waals surface area contributed by atoms with Gasteiger partial charge in [0.15, 0.2) is 0 Å². The molecule has 1 rings (SSSR count). The lowest BCUT2D eigenvalue weighted by Crippen LogP contribution is -2.19. The maximum Gasteiger partial charge on any atom is 0.0302 e. The van der Waals surface area contributed by atoms with Gasteiger partial charge in [-0.1, -0.05) is 24.3 Å². The zero-order valence-corrected chi connectivity index (χ0v) is 8.66. The molecular formula is C11H14S. The first-order valence-electron chi connectivity index (χ1n) is 4.03. The molecule has 1 heteroatoms. The molecular weight excluding hydrogens is 164 g/mol. The maximum atomic E-state index is 3.88. The van der Waals surface area contributed by atoms with Crippen LogP contribution < -0.4 is 9.75 Å². The van der Waals surface area contributed by atoms with Crippen molar-refractivity contribution in [1.82, 2.24) is 0 Å². The molecule has 0 fully saturated rings. The maximum absolute atomic E-state index is 3.88. The van der Waals surface area contributed by atoms with Gasteiger partial charge in [-0.05, 0) is 36.9 Å². The lowest BCUT2D eigenvalue weighted by Gasteiger charge is -1.86. The van der Waals surface area contributed by atoms with Crippen LogP contribution in [0.25, 0.3) is 12.2 Å². The average molecular weight is 178 g/mol. The van der Waals surface area contributed by atoms with Gasteiger partial charge in [0, 0.05) is 4.53 Å². The quantitative estimate of drug-likeness (QED) is 0.618. The molecule has 0 N–H and O–H groups in total. The van der Waals surface area contributed by atoms with E-state index >= 15 is 0 Å². The van der Waals surface area contributed by atoms with Crippen molar-refractivity contribution in [1.29, 1.82) is 0 Å². The molecule has 0 spiro atoms. The van der Waals surface area contributed by atoms with Crippen molar-refractivity contribution in [3.05, 3.63) is 32.8 Å². The summed E-state index contributed by atoms with van der Waals surface area (Å²) >= 11 is 1.79. The van der Waals surface area contributed by atoms with E-state index in [4.69, 9.17) is 0 Å². The second-order valence-corrected chi connectivity index (χ2v) is 3.89. The normalized spacial score (nSPS) is 13.9. The van der Waals surface area contributed by atoms with E-state index in [0.29, 0.717) is 0 Å². The Kier molecular flexibility index (Phi) is 2.88. The summed E-state index contributed by atoms with van der Waals surface area (Å²) in [5.41, 5.74) is 2.45. The Morgan fingerprint density at radius 3 is 2.75 bits per heavy atom. The lowest BCUT2D eigenvalue weighted by atomic mass is 10.2. The van der Waals surface area contributed by atoms with Gasteiger partial charge in [0.2, 0.25) is 0 Å². The fourth-order valence-corrected chi connectivity index (χ4v) is 2.04. The third-order valence-corrected chi connectivity index (χ3v) is 2.89. The molecule has 1 aromatic rings. The minimum Gasteiger partial charge on any atom is -0.144 e. The van der Waals surface area contributed by atoms with Gasteiger partial charge in [-0.15, -0.1) is 11.3 Å². The Hall–Kier alpha value is -0.820. The molecule has 0 saturated heterocycles. The highest BCUT2D eigenvalue weighted by Gasteiger charge is 1.92. The van der Waals surface area contributed by atoms with E-state index in [1.807, 2.05) is 6.92 Å². The van der Waals surface area contributed by atoms with E-state index in [1.165, 1.54) is 15.3 Å². The molecule has 0 aromatic carbocycles. The molecule has 0 atom stereocenters. The summed E-state index contributed by atoms with van der Waals surface area (Å²) in [5, 5.41) is 3.51. The molecule has 64 valence electrons. The molecule has 0 saturated carbocycles. The Balaban J connectivity index is 3.50. The molecule has 0 aliphatic carbocycles. The van der Waals surface area contributed by atoms with Gasteiger partial charge < -0.3 is 0 Å². The second kappa shape index (κ2) is 3.72. The van der Waals surface area contributed by atoms with Gasteiger partial charge in [0.05, 0.1) is 0 Å². The molecule has 12 heavy (non-hydrogen) atoms. The molecule has 1 aromatic heterocycles. The number of hydrogen-bond acceptors (Lipinski definition) is 1. The zero-order valence-electron chi connectivity index (χ0n) is 7.85. The van der Waals surface area contributed by atoms with Gasteiger partial charge >= 0.3 is 0 Å². The third kappa shape index (κ3) is 1.86. The first-order valence-corrected chi connectivity index (χ1v) is 4.91. The number of hydrogen-bond donors (Lipinski definition) is 0. The highest BCUT2D eigenvalue weighted by atomic mass is 32.1. The van der Waals surface area contributed by atoms with Crippen LogP contribution in [0.2, 0.25) is 0 Å². The topological polar surface area (TPSA) is 0 Å². The van der Waals surface area contributed by atoms with Gasteiger partial charge in [0.1, 0.15) is 0 Å². The molecule has 1 heterocycles. The molecule has 0 unspecified atom stereocenters. The number of rotatable bonds is 1. The van der Waals surface area contributed by atoms with E-state index in [1.54, 1.807) is 11.3 Å². The molecule has 0 amide bonds. The summed E-state index contributed by atoms with van der Waals surface area (Å²) in [6, 6.07) is 0. The molecule has 0 aliphatic heterocycles. The fraction of sp³-hybridized carbons (Fsp3) is 0.273. The van der Waals surface area contributed by atoms with Gasteiger partial charge in [-0.25, -0.2) is 0 Å². The number of allylic oxidation sites excluding steroid dienone is 1. The molecule has 0 bridgehead atoms. The fourth-order valence-electron chi connectivity index (χ4n) is 1.13. The summed E-state index contributed by atoms with van der Waals surface area (Å²) in [5.74, 6) is 0. The first-order chi connectivity index (χ1) is 5.65. The van der Waals surface area contributed by atoms with Crippen LogP contribution in [0.15, 0.2) is 17.5 Å². The average Bonchev–Trinajstić information content (AvgIpc) is 2.32. The molecule has 0 nitrogen and oxygen atoms in total. The predicted octanol–water partition coefficient (Wildman–Crippen LogP) is 2.21. The van der Waals surface area contributed by atoms with Crippen LogP contribution in [0.3, 0.4) is 0 Å². The van der Waals surface area contributed by atoms with Crippen molar-refractivity contribution in [2.45, 2.75) is 20.8 Å². The smallest absolute Gasteiger partial charge is 0.0302 e. The van der Waals surface area contributed by atoms with E-state index in [9.17, 15) is 0 Å². The standard InChI is InChI=1S/C11H14S/c1-5-11-10(6-8(2)3)9(4)7-12-11/h5-7H,2H2,1,3-4H3/b10-6-,11-5+. The summed E-state index contributed by atoms with van der Waals surface area (Å²) in [4.78, 5) is 0. The monoisotopic (exact) mass is 178 g/mol. The first kappa shape index (κ1) is 9.27. The van der Waals surface area contributed by atoms with Crippen LogP contribution >= 0.6 is 11.3 Å². The minimum atomic E-state index is 1.11. The summed E-state index contributed by atoms with van der Waals surface area (Å²) in [6.07, 6.45) is 4.29. The predicted molar refractivity (Wildman–Crippen MR) is 57.7 cm³/mol. The Labute approximate surface area is 77.6 Å². The Morgan fingerprint density at radius 1 is 1.58 bits per heavy atom. The van der Waals surface area contributed by atoms with E-state index in [-0.39, 0.29) is 0 Å². The van der Waals surface area contributed by atoms with Crippen molar-refractivity contribution in [3.8, 4) is 0 Å². The number of thiophene rings is 1. The van der Waals surface area contributed by atoms with Crippen molar-refractivity contribution in [2.24, 2.45) is 0 Å². The van der Waals surface area contributed by atoms with Crippen LogP contribution in [0, 0.1) is 6.92 Å². The number of aryl methyl sites for hydroxylation is 1. The van der Waals surface area contributed by atoms with Crippen molar-refractivity contribution in [2.75, 3.05) is 0 Å². The van der Waals surface area contributed by atoms with Crippen molar-refractivity contribution >= 4 is 23.5 Å². The Morgan fingerprint density at radius 2 is 2.25 bits per heavy atom. The SMILES string of the molecule is C=C(C)/C=c1/c(C)cs/c1=C/C. The van der Waals surface area contributed by atoms with E-state index in [2.05, 4.69) is 38.0 Å². The lowest BCUT2D eigenvalue weighted by molar-refractivity contribution is 1.45. The summed E-state index contributed by atoms with van der Waals surface area (Å²) in [7, 11) is 0. The van der Waals surface area contributed by atoms with E-state index < -0.39 is 0 Å².